The van der Waals surface area contributed by atoms with Gasteiger partial charge >= 0.3 is 12.0 Å². The highest BCUT2D eigenvalue weighted by Crippen LogP contribution is 1.89. The Morgan fingerprint density at radius 2 is 2.06 bits per heavy atom. The predicted molar refractivity (Wildman–Crippen MR) is 58.3 cm³/mol. The van der Waals surface area contributed by atoms with Crippen LogP contribution in [0.15, 0.2) is 0 Å². The van der Waals surface area contributed by atoms with E-state index in [9.17, 15) is 14.4 Å². The zero-order valence-electron chi connectivity index (χ0n) is 9.56. The summed E-state index contributed by atoms with van der Waals surface area (Å²) in [5, 5.41) is 13.3. The van der Waals surface area contributed by atoms with Gasteiger partial charge in [0.05, 0.1) is 13.0 Å². The molecule has 8 nitrogen and oxygen atoms in total. The van der Waals surface area contributed by atoms with E-state index in [0.717, 1.165) is 0 Å². The number of carbonyl (C=O) groups excluding carboxylic acids is 2. The maximum atomic E-state index is 11.2. The van der Waals surface area contributed by atoms with Crippen LogP contribution in [0.4, 0.5) is 4.79 Å². The second-order valence-electron chi connectivity index (χ2n) is 3.42. The maximum Gasteiger partial charge on any atom is 0.315 e. The molecule has 0 aliphatic rings. The molecule has 0 rings (SSSR count). The first kappa shape index (κ1) is 15.2. The molecule has 98 valence electrons. The molecule has 1 unspecified atom stereocenters. The number of carbonyl (C=O) groups is 3. The third-order valence-corrected chi connectivity index (χ3v) is 1.63. The van der Waals surface area contributed by atoms with Crippen molar-refractivity contribution in [2.24, 2.45) is 5.73 Å². The van der Waals surface area contributed by atoms with Gasteiger partial charge in [0, 0.05) is 12.6 Å². The Bertz CT molecular complexity index is 282. The molecule has 0 bridgehead atoms. The van der Waals surface area contributed by atoms with Crippen LogP contribution >= 0.6 is 0 Å². The number of nitrogens with two attached hydrogens (primary N) is 1. The van der Waals surface area contributed by atoms with Gasteiger partial charge in [-0.05, 0) is 6.92 Å². The van der Waals surface area contributed by atoms with Crippen LogP contribution in [0.2, 0.25) is 0 Å². The lowest BCUT2D eigenvalue weighted by atomic mass is 10.2. The van der Waals surface area contributed by atoms with Gasteiger partial charge in [0.25, 0.3) is 0 Å². The minimum atomic E-state index is -0.984. The number of amides is 3. The number of primary amides is 1. The van der Waals surface area contributed by atoms with Crippen molar-refractivity contribution in [3.05, 3.63) is 0 Å². The van der Waals surface area contributed by atoms with Crippen LogP contribution in [-0.2, 0) is 14.3 Å². The predicted octanol–water partition coefficient (Wildman–Crippen LogP) is -1.35. The molecule has 3 amide bonds. The SMILES string of the molecule is CC(CC(=O)O)NC(=O)NCCOCC(N)=O. The summed E-state index contributed by atoms with van der Waals surface area (Å²) in [5.74, 6) is -1.56. The van der Waals surface area contributed by atoms with Crippen LogP contribution in [0.3, 0.4) is 0 Å². The molecule has 0 saturated carbocycles. The standard InChI is InChI=1S/C9H17N3O5/c1-6(4-8(14)15)12-9(16)11-2-3-17-5-7(10)13/h6H,2-5H2,1H3,(H2,10,13)(H,14,15)(H2,11,12,16). The average Bonchev–Trinajstić information content (AvgIpc) is 2.14. The fourth-order valence-corrected chi connectivity index (χ4v) is 0.997. The first-order chi connectivity index (χ1) is 7.91. The number of urea groups is 1. The van der Waals surface area contributed by atoms with Crippen LogP contribution in [-0.4, -0.2) is 48.8 Å². The van der Waals surface area contributed by atoms with Crippen LogP contribution < -0.4 is 16.4 Å². The lowest BCUT2D eigenvalue weighted by molar-refractivity contribution is -0.137. The molecule has 0 aromatic heterocycles. The molecule has 0 aromatic carbocycles. The lowest BCUT2D eigenvalue weighted by Gasteiger charge is -2.12. The zero-order valence-corrected chi connectivity index (χ0v) is 9.56. The molecule has 0 aromatic rings. The smallest absolute Gasteiger partial charge is 0.315 e. The van der Waals surface area contributed by atoms with Gasteiger partial charge in [-0.2, -0.15) is 0 Å². The summed E-state index contributed by atoms with van der Waals surface area (Å²) in [4.78, 5) is 31.8. The van der Waals surface area contributed by atoms with E-state index >= 15 is 0 Å². The molecular formula is C9H17N3O5. The van der Waals surface area contributed by atoms with Crippen LogP contribution in [0.1, 0.15) is 13.3 Å². The van der Waals surface area contributed by atoms with Gasteiger partial charge in [-0.3, -0.25) is 9.59 Å². The largest absolute Gasteiger partial charge is 0.481 e. The lowest BCUT2D eigenvalue weighted by Crippen LogP contribution is -2.42. The zero-order chi connectivity index (χ0) is 13.3. The van der Waals surface area contributed by atoms with Crippen molar-refractivity contribution in [3.8, 4) is 0 Å². The second-order valence-corrected chi connectivity index (χ2v) is 3.42. The minimum Gasteiger partial charge on any atom is -0.481 e. The van der Waals surface area contributed by atoms with E-state index in [1.165, 1.54) is 0 Å². The van der Waals surface area contributed by atoms with E-state index in [0.29, 0.717) is 0 Å². The summed E-state index contributed by atoms with van der Waals surface area (Å²) in [5.41, 5.74) is 4.83. The Labute approximate surface area is 98.5 Å². The molecule has 0 aliphatic heterocycles. The summed E-state index contributed by atoms with van der Waals surface area (Å²) in [6.07, 6.45) is -0.147. The van der Waals surface area contributed by atoms with Gasteiger partial charge in [-0.1, -0.05) is 0 Å². The van der Waals surface area contributed by atoms with E-state index in [2.05, 4.69) is 10.6 Å². The molecule has 0 fully saturated rings. The van der Waals surface area contributed by atoms with Gasteiger partial charge in [0.1, 0.15) is 6.61 Å². The Balaban J connectivity index is 3.52. The number of carboxylic acid groups (broad SMARTS) is 1. The summed E-state index contributed by atoms with van der Waals surface area (Å²) in [6, 6.07) is -0.944. The van der Waals surface area contributed by atoms with Gasteiger partial charge in [0.15, 0.2) is 0 Å². The Morgan fingerprint density at radius 3 is 2.59 bits per heavy atom. The number of carboxylic acids is 1. The average molecular weight is 247 g/mol. The highest BCUT2D eigenvalue weighted by atomic mass is 16.5. The van der Waals surface area contributed by atoms with Crippen LogP contribution in [0.25, 0.3) is 0 Å². The molecule has 8 heteroatoms. The Hall–Kier alpha value is -1.83. The van der Waals surface area contributed by atoms with E-state index in [4.69, 9.17) is 15.6 Å². The Kier molecular flexibility index (Phi) is 7.44. The number of aliphatic carboxylic acids is 1. The molecule has 5 N–H and O–H groups in total. The monoisotopic (exact) mass is 247 g/mol. The third kappa shape index (κ3) is 10.5. The van der Waals surface area contributed by atoms with Crippen molar-refractivity contribution in [1.29, 1.82) is 0 Å². The highest BCUT2D eigenvalue weighted by Gasteiger charge is 2.09. The highest BCUT2D eigenvalue weighted by molar-refractivity contribution is 5.75. The van der Waals surface area contributed by atoms with Crippen molar-refractivity contribution in [2.75, 3.05) is 19.8 Å². The molecule has 0 radical (unpaired) electrons. The van der Waals surface area contributed by atoms with Crippen molar-refractivity contribution >= 4 is 17.9 Å². The van der Waals surface area contributed by atoms with Crippen molar-refractivity contribution < 1.29 is 24.2 Å². The summed E-state index contributed by atoms with van der Waals surface area (Å²) in [6.45, 7) is 1.75. The Morgan fingerprint density at radius 1 is 1.41 bits per heavy atom. The van der Waals surface area contributed by atoms with E-state index in [-0.39, 0.29) is 26.2 Å². The van der Waals surface area contributed by atoms with Crippen molar-refractivity contribution in [1.82, 2.24) is 10.6 Å². The van der Waals surface area contributed by atoms with Crippen molar-refractivity contribution in [3.63, 3.8) is 0 Å². The van der Waals surface area contributed by atoms with Gasteiger partial charge < -0.3 is 26.2 Å². The van der Waals surface area contributed by atoms with Gasteiger partial charge in [0.2, 0.25) is 5.91 Å². The van der Waals surface area contributed by atoms with E-state index < -0.39 is 23.9 Å². The van der Waals surface area contributed by atoms with E-state index in [1.54, 1.807) is 6.92 Å². The quantitative estimate of drug-likeness (QED) is 0.394. The van der Waals surface area contributed by atoms with Crippen molar-refractivity contribution in [2.45, 2.75) is 19.4 Å². The molecule has 0 saturated heterocycles. The molecule has 0 spiro atoms. The third-order valence-electron chi connectivity index (χ3n) is 1.63. The first-order valence-electron chi connectivity index (χ1n) is 5.04. The molecule has 1 atom stereocenters. The molecular weight excluding hydrogens is 230 g/mol. The fraction of sp³-hybridized carbons (Fsp3) is 0.667. The number of ether oxygens (including phenoxy) is 1. The fourth-order valence-electron chi connectivity index (χ4n) is 0.997. The first-order valence-corrected chi connectivity index (χ1v) is 5.04. The molecule has 0 aliphatic carbocycles. The van der Waals surface area contributed by atoms with Crippen LogP contribution in [0, 0.1) is 0 Å². The normalized spacial score (nSPS) is 11.6. The number of hydrogen-bond acceptors (Lipinski definition) is 4. The summed E-state index contributed by atoms with van der Waals surface area (Å²) in [7, 11) is 0. The summed E-state index contributed by atoms with van der Waals surface area (Å²) < 4.78 is 4.80. The second kappa shape index (κ2) is 8.34. The number of hydrogen-bond donors (Lipinski definition) is 4. The minimum absolute atomic E-state index is 0.147. The number of nitrogens with one attached hydrogen (secondary N) is 2. The maximum absolute atomic E-state index is 11.2. The van der Waals surface area contributed by atoms with Gasteiger partial charge in [-0.25, -0.2) is 4.79 Å². The summed E-state index contributed by atoms with van der Waals surface area (Å²) >= 11 is 0. The molecule has 17 heavy (non-hydrogen) atoms. The van der Waals surface area contributed by atoms with Crippen LogP contribution in [0.5, 0.6) is 0 Å². The molecule has 0 heterocycles. The topological polar surface area (TPSA) is 131 Å². The number of rotatable bonds is 8. The van der Waals surface area contributed by atoms with Gasteiger partial charge in [-0.15, -0.1) is 0 Å². The van der Waals surface area contributed by atoms with E-state index in [1.807, 2.05) is 0 Å².